The number of hydrogen-bond acceptors (Lipinski definition) is 3. The van der Waals surface area contributed by atoms with Crippen molar-refractivity contribution in [2.75, 3.05) is 0 Å². The zero-order valence-corrected chi connectivity index (χ0v) is 24.1. The van der Waals surface area contributed by atoms with Gasteiger partial charge < -0.3 is 9.53 Å². The van der Waals surface area contributed by atoms with Gasteiger partial charge in [-0.15, -0.1) is 0 Å². The highest BCUT2D eigenvalue weighted by molar-refractivity contribution is 6.75. The summed E-state index contributed by atoms with van der Waals surface area (Å²) in [5.74, 6) is -1.29. The molecule has 0 atom stereocenters. The molecule has 0 saturated carbocycles. The highest BCUT2D eigenvalue weighted by atomic mass is 28.4. The van der Waals surface area contributed by atoms with Gasteiger partial charge in [0.05, 0.1) is 6.42 Å². The Labute approximate surface area is 212 Å². The quantitative estimate of drug-likeness (QED) is 0.0820. The number of carboxylic acid groups (broad SMARTS) is 1. The highest BCUT2D eigenvalue weighted by Gasteiger charge is 2.37. The molecule has 0 aliphatic heterocycles. The first kappa shape index (κ1) is 32.9. The Bertz CT molecular complexity index is 522. The molecule has 34 heavy (non-hydrogen) atoms. The molecule has 0 rings (SSSR count). The van der Waals surface area contributed by atoms with E-state index < -0.39 is 14.3 Å². The average Bonchev–Trinajstić information content (AvgIpc) is 2.82. The van der Waals surface area contributed by atoms with Crippen LogP contribution in [0, 0.1) is 0 Å². The molecule has 0 aliphatic carbocycles. The number of carbonyl (C=O) groups excluding carboxylic acids is 1. The maximum atomic E-state index is 13.2. The number of hydrogen-bond donors (Lipinski definition) is 1. The third kappa shape index (κ3) is 17.3. The van der Waals surface area contributed by atoms with E-state index in [0.717, 1.165) is 75.9 Å². The second kappa shape index (κ2) is 22.4. The third-order valence-corrected chi connectivity index (χ3v) is 11.2. The maximum Gasteiger partial charge on any atom is 0.320 e. The van der Waals surface area contributed by atoms with Crippen LogP contribution in [0.2, 0.25) is 18.1 Å². The van der Waals surface area contributed by atoms with Gasteiger partial charge >= 0.3 is 11.9 Å². The summed E-state index contributed by atoms with van der Waals surface area (Å²) >= 11 is 0. The van der Waals surface area contributed by atoms with Crippen molar-refractivity contribution in [1.29, 1.82) is 0 Å². The van der Waals surface area contributed by atoms with Crippen molar-refractivity contribution in [2.45, 2.75) is 161 Å². The monoisotopic (exact) mass is 496 g/mol. The molecule has 4 nitrogen and oxygen atoms in total. The van der Waals surface area contributed by atoms with Gasteiger partial charge in [0.2, 0.25) is 0 Å². The van der Waals surface area contributed by atoms with E-state index in [9.17, 15) is 14.7 Å². The van der Waals surface area contributed by atoms with Gasteiger partial charge in [0, 0.05) is 5.57 Å². The van der Waals surface area contributed by atoms with Gasteiger partial charge in [-0.1, -0.05) is 130 Å². The van der Waals surface area contributed by atoms with E-state index in [1.807, 2.05) is 6.08 Å². The lowest BCUT2D eigenvalue weighted by molar-refractivity contribution is -0.139. The molecule has 0 aromatic rings. The predicted molar refractivity (Wildman–Crippen MR) is 148 cm³/mol. The maximum absolute atomic E-state index is 13.2. The van der Waals surface area contributed by atoms with E-state index in [-0.39, 0.29) is 12.4 Å². The highest BCUT2D eigenvalue weighted by Crippen LogP contribution is 2.31. The van der Waals surface area contributed by atoms with E-state index in [1.165, 1.54) is 51.4 Å². The summed E-state index contributed by atoms with van der Waals surface area (Å²) < 4.78 is 6.33. The first-order valence-electron chi connectivity index (χ1n) is 14.6. The van der Waals surface area contributed by atoms with Crippen LogP contribution in [0.4, 0.5) is 0 Å². The number of allylic oxidation sites excluding steroid dienone is 1. The molecular formula is C29H56O4Si. The fourth-order valence-corrected chi connectivity index (χ4v) is 9.16. The van der Waals surface area contributed by atoms with Crippen molar-refractivity contribution < 1.29 is 19.1 Å². The normalized spacial score (nSPS) is 12.2. The molecule has 0 bridgehead atoms. The number of carbonyl (C=O) groups is 2. The van der Waals surface area contributed by atoms with Gasteiger partial charge in [-0.2, -0.15) is 0 Å². The Morgan fingerprint density at radius 1 is 0.647 bits per heavy atom. The summed E-state index contributed by atoms with van der Waals surface area (Å²) in [5.41, 5.74) is 0.366. The zero-order chi connectivity index (χ0) is 25.5. The molecule has 0 aromatic carbocycles. The van der Waals surface area contributed by atoms with Gasteiger partial charge in [0.25, 0.3) is 8.32 Å². The molecule has 0 heterocycles. The van der Waals surface area contributed by atoms with Crippen LogP contribution in [-0.4, -0.2) is 25.4 Å². The van der Waals surface area contributed by atoms with Gasteiger partial charge in [0.1, 0.15) is 0 Å². The fraction of sp³-hybridized carbons (Fsp3) is 0.862. The predicted octanol–water partition coefficient (Wildman–Crippen LogP) is 9.59. The topological polar surface area (TPSA) is 63.6 Å². The summed E-state index contributed by atoms with van der Waals surface area (Å²) in [7, 11) is -2.20. The van der Waals surface area contributed by atoms with Gasteiger partial charge in [-0.05, 0) is 31.0 Å². The van der Waals surface area contributed by atoms with E-state index in [0.29, 0.717) is 5.57 Å². The molecule has 0 amide bonds. The SMILES string of the molecule is CCCCCCCCCCCCC=C(CC(=O)O)C(=O)O[Si](CCCC)(CCCC)CCCC. The Balaban J connectivity index is 4.85. The van der Waals surface area contributed by atoms with Crippen LogP contribution in [0.1, 0.15) is 143 Å². The summed E-state index contributed by atoms with van der Waals surface area (Å²) in [4.78, 5) is 24.6. The van der Waals surface area contributed by atoms with Gasteiger partial charge in [-0.25, -0.2) is 4.79 Å². The van der Waals surface area contributed by atoms with E-state index in [2.05, 4.69) is 27.7 Å². The van der Waals surface area contributed by atoms with Crippen LogP contribution in [-0.2, 0) is 14.0 Å². The van der Waals surface area contributed by atoms with Gasteiger partial charge in [0.15, 0.2) is 0 Å². The number of carboxylic acids is 1. The molecule has 0 aliphatic rings. The van der Waals surface area contributed by atoms with Crippen molar-refractivity contribution in [3.05, 3.63) is 11.6 Å². The van der Waals surface area contributed by atoms with E-state index in [4.69, 9.17) is 4.43 Å². The fourth-order valence-electron chi connectivity index (χ4n) is 4.59. The number of aliphatic carboxylic acids is 1. The largest absolute Gasteiger partial charge is 0.516 e. The van der Waals surface area contributed by atoms with Crippen molar-refractivity contribution in [2.24, 2.45) is 0 Å². The number of unbranched alkanes of at least 4 members (excludes halogenated alkanes) is 13. The van der Waals surface area contributed by atoms with Gasteiger partial charge in [-0.3, -0.25) is 4.79 Å². The molecule has 0 saturated heterocycles. The first-order chi connectivity index (χ1) is 16.4. The Morgan fingerprint density at radius 3 is 1.47 bits per heavy atom. The Kier molecular flexibility index (Phi) is 21.6. The number of rotatable bonds is 24. The molecule has 200 valence electrons. The molecule has 0 aromatic heterocycles. The summed E-state index contributed by atoms with van der Waals surface area (Å²) in [6, 6.07) is 3.02. The Morgan fingerprint density at radius 2 is 1.06 bits per heavy atom. The Hall–Kier alpha value is -1.10. The van der Waals surface area contributed by atoms with Crippen LogP contribution in [0.25, 0.3) is 0 Å². The summed E-state index contributed by atoms with van der Waals surface area (Å²) in [6.45, 7) is 8.80. The molecule has 0 spiro atoms. The molecule has 0 unspecified atom stereocenters. The van der Waals surface area contributed by atoms with Crippen molar-refractivity contribution in [1.82, 2.24) is 0 Å². The van der Waals surface area contributed by atoms with Crippen LogP contribution in [0.5, 0.6) is 0 Å². The molecule has 1 N–H and O–H groups in total. The average molecular weight is 497 g/mol. The minimum absolute atomic E-state index is 0.226. The van der Waals surface area contributed by atoms with Crippen LogP contribution in [0.15, 0.2) is 11.6 Å². The minimum atomic E-state index is -2.20. The lowest BCUT2D eigenvalue weighted by atomic mass is 10.0. The second-order valence-corrected chi connectivity index (χ2v) is 14.2. The lowest BCUT2D eigenvalue weighted by Crippen LogP contribution is -2.41. The zero-order valence-electron chi connectivity index (χ0n) is 23.1. The van der Waals surface area contributed by atoms with Crippen LogP contribution >= 0.6 is 0 Å². The summed E-state index contributed by atoms with van der Waals surface area (Å²) in [5, 5.41) is 9.40. The molecular weight excluding hydrogens is 440 g/mol. The van der Waals surface area contributed by atoms with Crippen LogP contribution in [0.3, 0.4) is 0 Å². The third-order valence-electron chi connectivity index (χ3n) is 6.82. The molecule has 0 radical (unpaired) electrons. The second-order valence-electron chi connectivity index (χ2n) is 10.2. The molecule has 5 heteroatoms. The van der Waals surface area contributed by atoms with Crippen molar-refractivity contribution in [3.63, 3.8) is 0 Å². The smallest absolute Gasteiger partial charge is 0.320 e. The lowest BCUT2D eigenvalue weighted by Gasteiger charge is -2.32. The first-order valence-corrected chi connectivity index (χ1v) is 17.1. The molecule has 0 fully saturated rings. The van der Waals surface area contributed by atoms with E-state index >= 15 is 0 Å². The van der Waals surface area contributed by atoms with Crippen LogP contribution < -0.4 is 0 Å². The standard InChI is InChI=1S/C29H56O4Si/c1-5-9-13-14-15-16-17-18-19-20-21-22-27(26-28(30)31)29(32)33-34(23-10-6-2,24-11-7-3)25-12-8-4/h22H,5-21,23-26H2,1-4H3,(H,30,31). The minimum Gasteiger partial charge on any atom is -0.516 e. The van der Waals surface area contributed by atoms with Crippen molar-refractivity contribution in [3.8, 4) is 0 Å². The van der Waals surface area contributed by atoms with Crippen molar-refractivity contribution >= 4 is 20.3 Å². The summed E-state index contributed by atoms with van der Waals surface area (Å²) in [6.07, 6.45) is 21.6. The van der Waals surface area contributed by atoms with E-state index in [1.54, 1.807) is 0 Å².